The Labute approximate surface area is 194 Å². The van der Waals surface area contributed by atoms with E-state index >= 15 is 0 Å². The van der Waals surface area contributed by atoms with E-state index in [0.29, 0.717) is 16.6 Å². The van der Waals surface area contributed by atoms with Gasteiger partial charge in [-0.25, -0.2) is 0 Å². The molecule has 0 aliphatic heterocycles. The van der Waals surface area contributed by atoms with Crippen LogP contribution in [0.3, 0.4) is 0 Å². The molecule has 5 rings (SSSR count). The summed E-state index contributed by atoms with van der Waals surface area (Å²) in [5.74, 6) is -0.194. The molecular formula is C28H27ClN2O. The number of anilines is 1. The van der Waals surface area contributed by atoms with Crippen LogP contribution in [0.4, 0.5) is 5.69 Å². The predicted octanol–water partition coefficient (Wildman–Crippen LogP) is 8.03. The lowest BCUT2D eigenvalue weighted by Gasteiger charge is -2.26. The van der Waals surface area contributed by atoms with Crippen LogP contribution in [-0.4, -0.2) is 10.5 Å². The van der Waals surface area contributed by atoms with Crippen LogP contribution in [0, 0.1) is 6.92 Å². The van der Waals surface area contributed by atoms with Gasteiger partial charge in [0, 0.05) is 28.3 Å². The lowest BCUT2D eigenvalue weighted by molar-refractivity contribution is 0.102. The van der Waals surface area contributed by atoms with Gasteiger partial charge in [-0.05, 0) is 61.7 Å². The van der Waals surface area contributed by atoms with Gasteiger partial charge in [0.15, 0.2) is 0 Å². The summed E-state index contributed by atoms with van der Waals surface area (Å²) in [4.78, 5) is 12.7. The number of nitrogens with one attached hydrogen (secondary N) is 1. The van der Waals surface area contributed by atoms with Crippen LogP contribution < -0.4 is 5.32 Å². The Morgan fingerprint density at radius 1 is 0.938 bits per heavy atom. The van der Waals surface area contributed by atoms with E-state index < -0.39 is 0 Å². The van der Waals surface area contributed by atoms with Gasteiger partial charge < -0.3 is 9.88 Å². The van der Waals surface area contributed by atoms with Gasteiger partial charge >= 0.3 is 0 Å². The number of fused-ring (bicyclic) bond motifs is 1. The van der Waals surface area contributed by atoms with Crippen LogP contribution in [-0.2, 0) is 0 Å². The highest BCUT2D eigenvalue weighted by molar-refractivity contribution is 6.34. The maximum absolute atomic E-state index is 12.7. The Morgan fingerprint density at radius 3 is 2.44 bits per heavy atom. The third-order valence-electron chi connectivity index (χ3n) is 6.50. The van der Waals surface area contributed by atoms with Gasteiger partial charge in [-0.15, -0.1) is 0 Å². The number of aromatic nitrogens is 1. The first-order valence-electron chi connectivity index (χ1n) is 11.4. The monoisotopic (exact) mass is 442 g/mol. The smallest absolute Gasteiger partial charge is 0.257 e. The van der Waals surface area contributed by atoms with Gasteiger partial charge in [-0.3, -0.25) is 4.79 Å². The van der Waals surface area contributed by atoms with E-state index in [4.69, 9.17) is 11.6 Å². The molecule has 1 aromatic heterocycles. The molecule has 1 amide bonds. The van der Waals surface area contributed by atoms with E-state index in [1.165, 1.54) is 54.4 Å². The first-order chi connectivity index (χ1) is 15.6. The summed E-state index contributed by atoms with van der Waals surface area (Å²) >= 11 is 6.21. The summed E-state index contributed by atoms with van der Waals surface area (Å²) in [6.07, 6.45) is 6.32. The molecule has 1 aliphatic rings. The average Bonchev–Trinajstić information content (AvgIpc) is 3.19. The van der Waals surface area contributed by atoms with Crippen molar-refractivity contribution in [3.8, 4) is 11.3 Å². The quantitative estimate of drug-likeness (QED) is 0.341. The van der Waals surface area contributed by atoms with Gasteiger partial charge in [0.25, 0.3) is 5.91 Å². The summed E-state index contributed by atoms with van der Waals surface area (Å²) in [7, 11) is 0. The van der Waals surface area contributed by atoms with E-state index in [9.17, 15) is 4.79 Å². The zero-order valence-electron chi connectivity index (χ0n) is 18.3. The van der Waals surface area contributed by atoms with E-state index in [2.05, 4.69) is 59.3 Å². The Kier molecular flexibility index (Phi) is 5.75. The average molecular weight is 443 g/mol. The second-order valence-electron chi connectivity index (χ2n) is 8.77. The number of benzene rings is 3. The molecule has 3 nitrogen and oxygen atoms in total. The number of carbonyl (C=O) groups excluding carboxylic acids is 1. The minimum Gasteiger partial charge on any atom is -0.337 e. The van der Waals surface area contributed by atoms with Crippen LogP contribution in [0.5, 0.6) is 0 Å². The second kappa shape index (κ2) is 8.84. The van der Waals surface area contributed by atoms with Crippen molar-refractivity contribution in [3.05, 3.63) is 88.9 Å². The third kappa shape index (κ3) is 4.05. The number of aryl methyl sites for hydroxylation is 1. The highest BCUT2D eigenvalue weighted by Crippen LogP contribution is 2.38. The fourth-order valence-electron chi connectivity index (χ4n) is 4.84. The van der Waals surface area contributed by atoms with Crippen molar-refractivity contribution in [2.45, 2.75) is 45.1 Å². The van der Waals surface area contributed by atoms with Crippen molar-refractivity contribution in [1.29, 1.82) is 0 Å². The summed E-state index contributed by atoms with van der Waals surface area (Å²) in [6.45, 7) is 2.12. The van der Waals surface area contributed by atoms with Gasteiger partial charge in [-0.2, -0.15) is 0 Å². The zero-order chi connectivity index (χ0) is 22.1. The van der Waals surface area contributed by atoms with E-state index in [1.807, 2.05) is 18.2 Å². The predicted molar refractivity (Wildman–Crippen MR) is 134 cm³/mol. The molecule has 162 valence electrons. The third-order valence-corrected chi connectivity index (χ3v) is 6.83. The van der Waals surface area contributed by atoms with Crippen molar-refractivity contribution in [2.24, 2.45) is 0 Å². The molecule has 1 heterocycles. The number of halogens is 1. The number of amides is 1. The number of hydrogen-bond donors (Lipinski definition) is 1. The van der Waals surface area contributed by atoms with Gasteiger partial charge in [0.05, 0.1) is 10.6 Å². The molecule has 4 heteroatoms. The zero-order valence-corrected chi connectivity index (χ0v) is 19.0. The molecule has 0 radical (unpaired) electrons. The highest BCUT2D eigenvalue weighted by atomic mass is 35.5. The maximum atomic E-state index is 12.7. The first kappa shape index (κ1) is 20.8. The summed E-state index contributed by atoms with van der Waals surface area (Å²) in [5.41, 5.74) is 6.23. The fourth-order valence-corrected chi connectivity index (χ4v) is 5.06. The molecule has 1 N–H and O–H groups in total. The molecule has 1 aliphatic carbocycles. The Hall–Kier alpha value is -3.04. The molecule has 3 aromatic carbocycles. The van der Waals surface area contributed by atoms with Crippen molar-refractivity contribution >= 4 is 34.1 Å². The van der Waals surface area contributed by atoms with E-state index in [-0.39, 0.29) is 5.91 Å². The lowest BCUT2D eigenvalue weighted by atomic mass is 9.94. The highest BCUT2D eigenvalue weighted by Gasteiger charge is 2.21. The standard InChI is InChI=1S/C28H27ClN2O/c1-19-11-13-20(14-12-19)27-18-21-17-22(30-28(32)24-9-5-6-10-25(24)29)15-16-26(21)31(27)23-7-3-2-4-8-23/h5-6,9-18,23H,2-4,7-8H2,1H3,(H,30,32). The maximum Gasteiger partial charge on any atom is 0.257 e. The first-order valence-corrected chi connectivity index (χ1v) is 11.8. The minimum atomic E-state index is -0.194. The van der Waals surface area contributed by atoms with Crippen LogP contribution in [0.2, 0.25) is 5.02 Å². The lowest BCUT2D eigenvalue weighted by Crippen LogP contribution is -2.14. The normalized spacial score (nSPS) is 14.6. The SMILES string of the molecule is Cc1ccc(-c2cc3cc(NC(=O)c4ccccc4Cl)ccc3n2C2CCCCC2)cc1. The van der Waals surface area contributed by atoms with E-state index in [0.717, 1.165) is 11.1 Å². The van der Waals surface area contributed by atoms with Crippen LogP contribution in [0.1, 0.15) is 54.1 Å². The fraction of sp³-hybridized carbons (Fsp3) is 0.250. The second-order valence-corrected chi connectivity index (χ2v) is 9.17. The van der Waals surface area contributed by atoms with Crippen LogP contribution in [0.25, 0.3) is 22.2 Å². The van der Waals surface area contributed by atoms with E-state index in [1.54, 1.807) is 12.1 Å². The minimum absolute atomic E-state index is 0.194. The number of hydrogen-bond acceptors (Lipinski definition) is 1. The van der Waals surface area contributed by atoms with Crippen molar-refractivity contribution in [3.63, 3.8) is 0 Å². The van der Waals surface area contributed by atoms with Gasteiger partial charge in [-0.1, -0.05) is 72.8 Å². The van der Waals surface area contributed by atoms with Crippen molar-refractivity contribution < 1.29 is 4.79 Å². The molecule has 32 heavy (non-hydrogen) atoms. The molecular weight excluding hydrogens is 416 g/mol. The number of rotatable bonds is 4. The molecule has 0 unspecified atom stereocenters. The Bertz CT molecular complexity index is 1270. The Morgan fingerprint density at radius 2 is 1.69 bits per heavy atom. The number of nitrogens with zero attached hydrogens (tertiary/aromatic N) is 1. The topological polar surface area (TPSA) is 34.0 Å². The molecule has 0 atom stereocenters. The summed E-state index contributed by atoms with van der Waals surface area (Å²) in [6, 6.07) is 24.9. The molecule has 0 spiro atoms. The molecule has 0 saturated heterocycles. The molecule has 0 bridgehead atoms. The Balaban J connectivity index is 1.55. The van der Waals surface area contributed by atoms with Gasteiger partial charge in [0.2, 0.25) is 0 Å². The van der Waals surface area contributed by atoms with Crippen LogP contribution in [0.15, 0.2) is 72.8 Å². The van der Waals surface area contributed by atoms with Gasteiger partial charge in [0.1, 0.15) is 0 Å². The van der Waals surface area contributed by atoms with Crippen LogP contribution >= 0.6 is 11.6 Å². The summed E-state index contributed by atoms with van der Waals surface area (Å²) < 4.78 is 2.53. The molecule has 1 fully saturated rings. The number of carbonyl (C=O) groups is 1. The van der Waals surface area contributed by atoms with Crippen molar-refractivity contribution in [2.75, 3.05) is 5.32 Å². The van der Waals surface area contributed by atoms with Crippen molar-refractivity contribution in [1.82, 2.24) is 4.57 Å². The summed E-state index contributed by atoms with van der Waals surface area (Å²) in [5, 5.41) is 4.61. The molecule has 1 saturated carbocycles. The molecule has 4 aromatic rings. The largest absolute Gasteiger partial charge is 0.337 e.